The van der Waals surface area contributed by atoms with Crippen molar-refractivity contribution < 1.29 is 4.74 Å². The number of hydrogen-bond donors (Lipinski definition) is 1. The second-order valence-electron chi connectivity index (χ2n) is 4.71. The normalized spacial score (nSPS) is 20.2. The van der Waals surface area contributed by atoms with E-state index in [4.69, 9.17) is 4.74 Å². The highest BCUT2D eigenvalue weighted by Crippen LogP contribution is 2.26. The molecule has 1 aromatic carbocycles. The van der Waals surface area contributed by atoms with Gasteiger partial charge in [0.2, 0.25) is 0 Å². The van der Waals surface area contributed by atoms with Gasteiger partial charge in [0.15, 0.2) is 0 Å². The number of rotatable bonds is 4. The van der Waals surface area contributed by atoms with Crippen LogP contribution in [0.5, 0.6) is 5.75 Å². The van der Waals surface area contributed by atoms with Crippen LogP contribution in [-0.4, -0.2) is 19.7 Å². The predicted molar refractivity (Wildman–Crippen MR) is 74.6 cm³/mol. The highest BCUT2D eigenvalue weighted by atomic mass is 79.9. The zero-order valence-corrected chi connectivity index (χ0v) is 11.9. The summed E-state index contributed by atoms with van der Waals surface area (Å²) >= 11 is 3.52. The van der Waals surface area contributed by atoms with E-state index in [1.807, 2.05) is 18.2 Å². The van der Waals surface area contributed by atoms with Crippen LogP contribution in [0, 0.1) is 12.8 Å². The molecule has 1 heterocycles. The summed E-state index contributed by atoms with van der Waals surface area (Å²) in [5, 5.41) is 3.44. The van der Waals surface area contributed by atoms with E-state index in [0.717, 1.165) is 35.7 Å². The summed E-state index contributed by atoms with van der Waals surface area (Å²) in [6.45, 7) is 5.24. The Balaban J connectivity index is 1.79. The lowest BCUT2D eigenvalue weighted by Crippen LogP contribution is -2.30. The first-order chi connectivity index (χ1) is 8.27. The Kier molecular flexibility index (Phi) is 4.86. The summed E-state index contributed by atoms with van der Waals surface area (Å²) in [7, 11) is 0. The van der Waals surface area contributed by atoms with Gasteiger partial charge in [-0.1, -0.05) is 22.0 Å². The van der Waals surface area contributed by atoms with E-state index >= 15 is 0 Å². The molecule has 1 aliphatic rings. The molecular weight excluding hydrogens is 278 g/mol. The van der Waals surface area contributed by atoms with Gasteiger partial charge >= 0.3 is 0 Å². The first-order valence-electron chi connectivity index (χ1n) is 6.36. The molecule has 0 unspecified atom stereocenters. The Morgan fingerprint density at radius 2 is 2.35 bits per heavy atom. The molecule has 1 fully saturated rings. The average Bonchev–Trinajstić information content (AvgIpc) is 2.36. The number of nitrogens with one attached hydrogen (secondary N) is 1. The minimum Gasteiger partial charge on any atom is -0.493 e. The second kappa shape index (κ2) is 6.41. The average molecular weight is 298 g/mol. The van der Waals surface area contributed by atoms with Crippen molar-refractivity contribution in [2.45, 2.75) is 26.2 Å². The van der Waals surface area contributed by atoms with Crippen LogP contribution in [0.1, 0.15) is 24.8 Å². The number of ether oxygens (including phenoxy) is 1. The first kappa shape index (κ1) is 12.9. The summed E-state index contributed by atoms with van der Waals surface area (Å²) in [5.74, 6) is 1.79. The Morgan fingerprint density at radius 1 is 1.47 bits per heavy atom. The molecule has 94 valence electrons. The number of hydrogen-bond acceptors (Lipinski definition) is 2. The topological polar surface area (TPSA) is 21.3 Å². The van der Waals surface area contributed by atoms with Crippen LogP contribution >= 0.6 is 15.9 Å². The molecule has 0 spiro atoms. The van der Waals surface area contributed by atoms with Crippen LogP contribution in [0.3, 0.4) is 0 Å². The van der Waals surface area contributed by atoms with Gasteiger partial charge in [0.1, 0.15) is 5.75 Å². The second-order valence-corrected chi connectivity index (χ2v) is 5.57. The van der Waals surface area contributed by atoms with E-state index in [-0.39, 0.29) is 0 Å². The minimum absolute atomic E-state index is 0.788. The highest BCUT2D eigenvalue weighted by molar-refractivity contribution is 9.10. The standard InChI is InChI=1S/C14H20BrNO/c1-11-13(15)5-2-6-14(11)17-9-7-12-4-3-8-16-10-12/h2,5-6,12,16H,3-4,7-10H2,1H3/t12-/m0/s1. The van der Waals surface area contributed by atoms with E-state index in [0.29, 0.717) is 0 Å². The van der Waals surface area contributed by atoms with Gasteiger partial charge in [-0.15, -0.1) is 0 Å². The molecule has 1 aromatic rings. The van der Waals surface area contributed by atoms with Crippen molar-refractivity contribution in [1.29, 1.82) is 0 Å². The van der Waals surface area contributed by atoms with Gasteiger partial charge in [0.25, 0.3) is 0 Å². The molecule has 1 saturated heterocycles. The Hall–Kier alpha value is -0.540. The largest absolute Gasteiger partial charge is 0.493 e. The van der Waals surface area contributed by atoms with Crippen molar-refractivity contribution in [3.8, 4) is 5.75 Å². The third-order valence-corrected chi connectivity index (χ3v) is 4.26. The molecule has 0 bridgehead atoms. The van der Waals surface area contributed by atoms with Gasteiger partial charge in [-0.25, -0.2) is 0 Å². The van der Waals surface area contributed by atoms with Crippen LogP contribution in [0.2, 0.25) is 0 Å². The molecular formula is C14H20BrNO. The lowest BCUT2D eigenvalue weighted by Gasteiger charge is -2.22. The van der Waals surface area contributed by atoms with Gasteiger partial charge in [0, 0.05) is 10.0 Å². The number of piperidine rings is 1. The van der Waals surface area contributed by atoms with Crippen LogP contribution in [0.4, 0.5) is 0 Å². The van der Waals surface area contributed by atoms with E-state index in [2.05, 4.69) is 28.2 Å². The van der Waals surface area contributed by atoms with Crippen LogP contribution in [0.15, 0.2) is 22.7 Å². The SMILES string of the molecule is Cc1c(Br)cccc1OCC[C@@H]1CCCNC1. The maximum atomic E-state index is 5.86. The molecule has 1 atom stereocenters. The van der Waals surface area contributed by atoms with Gasteiger partial charge in [-0.2, -0.15) is 0 Å². The molecule has 3 heteroatoms. The molecule has 0 radical (unpaired) electrons. The molecule has 0 saturated carbocycles. The summed E-state index contributed by atoms with van der Waals surface area (Å²) in [5.41, 5.74) is 1.19. The van der Waals surface area contributed by atoms with Crippen LogP contribution in [0.25, 0.3) is 0 Å². The van der Waals surface area contributed by atoms with Gasteiger partial charge < -0.3 is 10.1 Å². The Labute approximate surface area is 112 Å². The molecule has 0 aliphatic carbocycles. The number of halogens is 1. The predicted octanol–water partition coefficient (Wildman–Crippen LogP) is 3.53. The Morgan fingerprint density at radius 3 is 3.12 bits per heavy atom. The van der Waals surface area contributed by atoms with Gasteiger partial charge in [0.05, 0.1) is 6.61 Å². The number of benzene rings is 1. The third kappa shape index (κ3) is 3.71. The minimum atomic E-state index is 0.788. The summed E-state index contributed by atoms with van der Waals surface area (Å²) in [4.78, 5) is 0. The molecule has 1 aliphatic heterocycles. The van der Waals surface area contributed by atoms with Crippen molar-refractivity contribution in [2.24, 2.45) is 5.92 Å². The fraction of sp³-hybridized carbons (Fsp3) is 0.571. The zero-order chi connectivity index (χ0) is 12.1. The molecule has 0 aromatic heterocycles. The van der Waals surface area contributed by atoms with E-state index in [9.17, 15) is 0 Å². The van der Waals surface area contributed by atoms with E-state index in [1.165, 1.54) is 24.9 Å². The fourth-order valence-corrected chi connectivity index (χ4v) is 2.60. The van der Waals surface area contributed by atoms with E-state index < -0.39 is 0 Å². The fourth-order valence-electron chi connectivity index (χ4n) is 2.25. The highest BCUT2D eigenvalue weighted by Gasteiger charge is 2.13. The quantitative estimate of drug-likeness (QED) is 0.918. The van der Waals surface area contributed by atoms with Crippen molar-refractivity contribution in [3.63, 3.8) is 0 Å². The molecule has 0 amide bonds. The van der Waals surface area contributed by atoms with Gasteiger partial charge in [-0.05, 0) is 57.3 Å². The van der Waals surface area contributed by atoms with Crippen LogP contribution in [-0.2, 0) is 0 Å². The van der Waals surface area contributed by atoms with Gasteiger partial charge in [-0.3, -0.25) is 0 Å². The third-order valence-electron chi connectivity index (χ3n) is 3.40. The molecule has 1 N–H and O–H groups in total. The summed E-state index contributed by atoms with van der Waals surface area (Å²) in [6, 6.07) is 6.11. The molecule has 2 rings (SSSR count). The van der Waals surface area contributed by atoms with Crippen molar-refractivity contribution in [1.82, 2.24) is 5.32 Å². The molecule has 2 nitrogen and oxygen atoms in total. The maximum Gasteiger partial charge on any atom is 0.123 e. The smallest absolute Gasteiger partial charge is 0.123 e. The van der Waals surface area contributed by atoms with E-state index in [1.54, 1.807) is 0 Å². The Bertz CT molecular complexity index is 361. The van der Waals surface area contributed by atoms with Crippen molar-refractivity contribution in [2.75, 3.05) is 19.7 Å². The summed E-state index contributed by atoms with van der Waals surface area (Å²) in [6.07, 6.45) is 3.80. The first-order valence-corrected chi connectivity index (χ1v) is 7.15. The lowest BCUT2D eigenvalue weighted by molar-refractivity contribution is 0.253. The molecule has 17 heavy (non-hydrogen) atoms. The monoisotopic (exact) mass is 297 g/mol. The van der Waals surface area contributed by atoms with Crippen LogP contribution < -0.4 is 10.1 Å². The maximum absolute atomic E-state index is 5.86. The summed E-state index contributed by atoms with van der Waals surface area (Å²) < 4.78 is 6.98. The van der Waals surface area contributed by atoms with Crippen molar-refractivity contribution >= 4 is 15.9 Å². The zero-order valence-electron chi connectivity index (χ0n) is 10.3. The van der Waals surface area contributed by atoms with Crippen molar-refractivity contribution in [3.05, 3.63) is 28.2 Å². The lowest BCUT2D eigenvalue weighted by atomic mass is 9.97.